The summed E-state index contributed by atoms with van der Waals surface area (Å²) in [5.74, 6) is 0.255. The number of rotatable bonds is 9. The molecule has 2 aromatic rings. The molecule has 0 bridgehead atoms. The van der Waals surface area contributed by atoms with Crippen LogP contribution in [0.25, 0.3) is 0 Å². The number of nitrogens with one attached hydrogen (secondary N) is 1. The summed E-state index contributed by atoms with van der Waals surface area (Å²) in [5.41, 5.74) is 0.512. The Hall–Kier alpha value is -2.82. The molecule has 0 spiro atoms. The van der Waals surface area contributed by atoms with E-state index >= 15 is 0 Å². The standard InChI is InChI=1S/C16H19F3N6O2/c17-16(18,19)12-6-7-13(23-22-12)25(14-11-20-8-9-21-14)10-4-2-1-3-5-15(26)24-27/h6-9,11,27H,1-5,10H2,(H,24,26). The topological polar surface area (TPSA) is 104 Å². The highest BCUT2D eigenvalue weighted by Gasteiger charge is 2.33. The van der Waals surface area contributed by atoms with Crippen LogP contribution in [0.1, 0.15) is 37.8 Å². The van der Waals surface area contributed by atoms with E-state index in [4.69, 9.17) is 5.21 Å². The van der Waals surface area contributed by atoms with Crippen molar-refractivity contribution in [1.82, 2.24) is 25.6 Å². The lowest BCUT2D eigenvalue weighted by Gasteiger charge is -2.22. The fourth-order valence-electron chi connectivity index (χ4n) is 2.36. The maximum Gasteiger partial charge on any atom is 0.435 e. The third-order valence-electron chi connectivity index (χ3n) is 3.70. The lowest BCUT2D eigenvalue weighted by molar-refractivity contribution is -0.141. The van der Waals surface area contributed by atoms with Crippen LogP contribution in [0, 0.1) is 0 Å². The molecule has 0 aliphatic rings. The Morgan fingerprint density at radius 3 is 2.44 bits per heavy atom. The Labute approximate surface area is 153 Å². The fourth-order valence-corrected chi connectivity index (χ4v) is 2.36. The minimum Gasteiger partial charge on any atom is -0.308 e. The molecule has 0 aromatic carbocycles. The lowest BCUT2D eigenvalue weighted by atomic mass is 10.1. The summed E-state index contributed by atoms with van der Waals surface area (Å²) >= 11 is 0. The molecule has 8 nitrogen and oxygen atoms in total. The second-order valence-corrected chi connectivity index (χ2v) is 5.69. The van der Waals surface area contributed by atoms with Crippen molar-refractivity contribution in [3.05, 3.63) is 36.4 Å². The molecule has 0 fully saturated rings. The summed E-state index contributed by atoms with van der Waals surface area (Å²) < 4.78 is 38.0. The van der Waals surface area contributed by atoms with Gasteiger partial charge in [-0.05, 0) is 25.0 Å². The van der Waals surface area contributed by atoms with Crippen molar-refractivity contribution in [1.29, 1.82) is 0 Å². The largest absolute Gasteiger partial charge is 0.435 e. The van der Waals surface area contributed by atoms with Crippen LogP contribution in [0.2, 0.25) is 0 Å². The molecular weight excluding hydrogens is 365 g/mol. The molecule has 0 aliphatic heterocycles. The second kappa shape index (κ2) is 9.76. The van der Waals surface area contributed by atoms with Gasteiger partial charge in [0.1, 0.15) is 0 Å². The normalized spacial score (nSPS) is 11.3. The van der Waals surface area contributed by atoms with Gasteiger partial charge in [0.05, 0.1) is 6.20 Å². The van der Waals surface area contributed by atoms with Crippen molar-refractivity contribution in [2.24, 2.45) is 0 Å². The molecule has 0 saturated carbocycles. The molecular formula is C16H19F3N6O2. The summed E-state index contributed by atoms with van der Waals surface area (Å²) in [7, 11) is 0. The number of unbranched alkanes of at least 4 members (excludes halogenated alkanes) is 3. The van der Waals surface area contributed by atoms with E-state index in [-0.39, 0.29) is 12.2 Å². The molecule has 0 radical (unpaired) electrons. The summed E-state index contributed by atoms with van der Waals surface area (Å²) in [5, 5.41) is 15.4. The molecule has 2 rings (SSSR count). The van der Waals surface area contributed by atoms with Crippen molar-refractivity contribution in [3.63, 3.8) is 0 Å². The third-order valence-corrected chi connectivity index (χ3v) is 3.70. The van der Waals surface area contributed by atoms with Gasteiger partial charge < -0.3 is 4.90 Å². The second-order valence-electron chi connectivity index (χ2n) is 5.69. The van der Waals surface area contributed by atoms with Crippen molar-refractivity contribution in [3.8, 4) is 0 Å². The number of carbonyl (C=O) groups excluding carboxylic acids is 1. The van der Waals surface area contributed by atoms with E-state index in [1.54, 1.807) is 10.4 Å². The highest BCUT2D eigenvalue weighted by Crippen LogP contribution is 2.28. The van der Waals surface area contributed by atoms with Crippen LogP contribution in [-0.4, -0.2) is 37.8 Å². The van der Waals surface area contributed by atoms with Gasteiger partial charge in [0.15, 0.2) is 17.3 Å². The predicted octanol–water partition coefficient (Wildman–Crippen LogP) is 2.88. The fraction of sp³-hybridized carbons (Fsp3) is 0.438. The molecule has 0 unspecified atom stereocenters. The lowest BCUT2D eigenvalue weighted by Crippen LogP contribution is -2.22. The zero-order valence-electron chi connectivity index (χ0n) is 14.4. The molecule has 0 saturated heterocycles. The summed E-state index contributed by atoms with van der Waals surface area (Å²) in [4.78, 5) is 20.7. The van der Waals surface area contributed by atoms with Crippen LogP contribution in [0.5, 0.6) is 0 Å². The minimum absolute atomic E-state index is 0.231. The Morgan fingerprint density at radius 2 is 1.85 bits per heavy atom. The number of halogens is 3. The first kappa shape index (κ1) is 20.5. The Morgan fingerprint density at radius 1 is 1.07 bits per heavy atom. The molecule has 2 heterocycles. The first-order chi connectivity index (χ1) is 12.9. The number of amides is 1. The molecule has 0 atom stereocenters. The van der Waals surface area contributed by atoms with Gasteiger partial charge >= 0.3 is 6.18 Å². The van der Waals surface area contributed by atoms with Crippen LogP contribution in [0.3, 0.4) is 0 Å². The van der Waals surface area contributed by atoms with Gasteiger partial charge in [0.2, 0.25) is 5.91 Å². The van der Waals surface area contributed by atoms with Crippen LogP contribution < -0.4 is 10.4 Å². The molecule has 1 amide bonds. The van der Waals surface area contributed by atoms with E-state index in [0.717, 1.165) is 18.9 Å². The van der Waals surface area contributed by atoms with Crippen molar-refractivity contribution >= 4 is 17.5 Å². The molecule has 146 valence electrons. The van der Waals surface area contributed by atoms with Crippen LogP contribution in [0.15, 0.2) is 30.7 Å². The van der Waals surface area contributed by atoms with Gasteiger partial charge in [0, 0.05) is 25.4 Å². The monoisotopic (exact) mass is 384 g/mol. The van der Waals surface area contributed by atoms with E-state index in [2.05, 4.69) is 20.2 Å². The molecule has 27 heavy (non-hydrogen) atoms. The minimum atomic E-state index is -4.55. The number of anilines is 2. The number of hydrogen-bond acceptors (Lipinski definition) is 7. The number of hydrogen-bond donors (Lipinski definition) is 2. The summed E-state index contributed by atoms with van der Waals surface area (Å²) in [6.45, 7) is 0.449. The highest BCUT2D eigenvalue weighted by molar-refractivity contribution is 5.74. The van der Waals surface area contributed by atoms with Gasteiger partial charge in [-0.3, -0.25) is 15.0 Å². The maximum absolute atomic E-state index is 12.7. The Kier molecular flexibility index (Phi) is 7.41. The van der Waals surface area contributed by atoms with E-state index in [1.165, 1.54) is 24.7 Å². The van der Waals surface area contributed by atoms with Crippen molar-refractivity contribution < 1.29 is 23.2 Å². The number of aromatic nitrogens is 4. The Bertz CT molecular complexity index is 712. The predicted molar refractivity (Wildman–Crippen MR) is 89.1 cm³/mol. The number of alkyl halides is 3. The zero-order chi connectivity index (χ0) is 19.7. The van der Waals surface area contributed by atoms with E-state index in [1.807, 2.05) is 0 Å². The van der Waals surface area contributed by atoms with Gasteiger partial charge in [-0.1, -0.05) is 12.8 Å². The maximum atomic E-state index is 12.7. The van der Waals surface area contributed by atoms with Gasteiger partial charge in [0.25, 0.3) is 0 Å². The number of hydroxylamine groups is 1. The quantitative estimate of drug-likeness (QED) is 0.389. The SMILES string of the molecule is O=C(CCCCCCN(c1cnccn1)c1ccc(C(F)(F)F)nn1)NO. The van der Waals surface area contributed by atoms with Crippen LogP contribution in [-0.2, 0) is 11.0 Å². The number of carbonyl (C=O) groups is 1. The number of nitrogens with zero attached hydrogens (tertiary/aromatic N) is 5. The molecule has 2 N–H and O–H groups in total. The van der Waals surface area contributed by atoms with E-state index < -0.39 is 17.8 Å². The third kappa shape index (κ3) is 6.44. The van der Waals surface area contributed by atoms with Crippen molar-refractivity contribution in [2.45, 2.75) is 38.3 Å². The first-order valence-electron chi connectivity index (χ1n) is 8.29. The summed E-state index contributed by atoms with van der Waals surface area (Å²) in [6.07, 6.45) is 3.00. The van der Waals surface area contributed by atoms with Gasteiger partial charge in [-0.25, -0.2) is 10.5 Å². The smallest absolute Gasteiger partial charge is 0.308 e. The highest BCUT2D eigenvalue weighted by atomic mass is 19.4. The van der Waals surface area contributed by atoms with Crippen LogP contribution in [0.4, 0.5) is 24.8 Å². The van der Waals surface area contributed by atoms with Gasteiger partial charge in [-0.2, -0.15) is 13.2 Å². The van der Waals surface area contributed by atoms with Crippen molar-refractivity contribution in [2.75, 3.05) is 11.4 Å². The average Bonchev–Trinajstić information content (AvgIpc) is 2.67. The van der Waals surface area contributed by atoms with E-state index in [9.17, 15) is 18.0 Å². The zero-order valence-corrected chi connectivity index (χ0v) is 14.4. The summed E-state index contributed by atoms with van der Waals surface area (Å²) in [6, 6.07) is 2.12. The average molecular weight is 384 g/mol. The first-order valence-corrected chi connectivity index (χ1v) is 8.29. The molecule has 2 aromatic heterocycles. The van der Waals surface area contributed by atoms with Crippen LogP contribution >= 0.6 is 0 Å². The Balaban J connectivity index is 1.99. The molecule has 0 aliphatic carbocycles. The van der Waals surface area contributed by atoms with E-state index in [0.29, 0.717) is 25.2 Å². The molecule has 11 heteroatoms. The van der Waals surface area contributed by atoms with Gasteiger partial charge in [-0.15, -0.1) is 10.2 Å².